The number of hydrogen-bond acceptors (Lipinski definition) is 18. The predicted octanol–water partition coefficient (Wildman–Crippen LogP) is 15.1. The zero-order chi connectivity index (χ0) is 64.1. The number of nitrogens with one attached hydrogen (secondary N) is 4. The van der Waals surface area contributed by atoms with E-state index in [2.05, 4.69) is 40.7 Å². The van der Waals surface area contributed by atoms with Crippen LogP contribution in [0.25, 0.3) is 95.1 Å². The van der Waals surface area contributed by atoms with Gasteiger partial charge in [0, 0.05) is 88.5 Å². The highest BCUT2D eigenvalue weighted by Crippen LogP contribution is 2.39. The number of phenols is 2. The van der Waals surface area contributed by atoms with Crippen molar-refractivity contribution in [3.63, 3.8) is 0 Å². The maximum atomic E-state index is 12.2. The first-order valence-electron chi connectivity index (χ1n) is 27.9. The number of aromatic hydroxyl groups is 2. The Morgan fingerprint density at radius 3 is 1.18 bits per heavy atom. The van der Waals surface area contributed by atoms with Gasteiger partial charge in [0.1, 0.15) is 52.9 Å². The number of pyridine rings is 4. The van der Waals surface area contributed by atoms with Crippen LogP contribution in [0, 0.1) is 0 Å². The van der Waals surface area contributed by atoms with Gasteiger partial charge in [-0.2, -0.15) is 0 Å². The maximum absolute atomic E-state index is 12.2. The van der Waals surface area contributed by atoms with Crippen LogP contribution in [0.2, 0.25) is 0 Å². The quantitative estimate of drug-likeness (QED) is 0.0637. The van der Waals surface area contributed by atoms with Gasteiger partial charge in [0.25, 0.3) is 22.2 Å². The monoisotopic (exact) mass is 1450 g/mol. The molecule has 0 saturated carbocycles. The number of methoxy groups -OCH3 is 3. The molecule has 0 radical (unpaired) electrons. The Balaban J connectivity index is 0.000000164. The number of aromatic amines is 4. The van der Waals surface area contributed by atoms with Gasteiger partial charge in [0.15, 0.2) is 0 Å². The van der Waals surface area contributed by atoms with Crippen molar-refractivity contribution < 1.29 is 34.3 Å². The van der Waals surface area contributed by atoms with Gasteiger partial charge in [0.05, 0.1) is 42.9 Å². The molecule has 93 heavy (non-hydrogen) atoms. The summed E-state index contributed by atoms with van der Waals surface area (Å²) in [6, 6.07) is 38.6. The molecule has 0 fully saturated rings. The second-order valence-electron chi connectivity index (χ2n) is 21.4. The van der Waals surface area contributed by atoms with E-state index in [0.29, 0.717) is 48.5 Å². The second kappa shape index (κ2) is 31.7. The molecule has 9 aromatic heterocycles. The highest BCUT2D eigenvalue weighted by atomic mass is 79.9. The molecule has 26 heteroatoms. The number of para-hydroxylation sites is 1. The fourth-order valence-corrected chi connectivity index (χ4v) is 15.6. The van der Waals surface area contributed by atoms with Gasteiger partial charge in [-0.1, -0.05) is 42.5 Å². The average Bonchev–Trinajstić information content (AvgIpc) is 1.73. The van der Waals surface area contributed by atoms with E-state index < -0.39 is 5.97 Å². The zero-order valence-corrected chi connectivity index (χ0v) is 59.0. The molecule has 14 aromatic rings. The predicted molar refractivity (Wildman–Crippen MR) is 396 cm³/mol. The third-order valence-corrected chi connectivity index (χ3v) is 19.1. The molecule has 0 aliphatic heterocycles. The summed E-state index contributed by atoms with van der Waals surface area (Å²) < 4.78 is 15.9. The number of aromatic carboxylic acids is 1. The van der Waals surface area contributed by atoms with Crippen LogP contribution in [0.1, 0.15) is 24.3 Å². The lowest BCUT2D eigenvalue weighted by Gasteiger charge is -2.07. The van der Waals surface area contributed by atoms with Crippen LogP contribution in [0.4, 0.5) is 0 Å². The van der Waals surface area contributed by atoms with Gasteiger partial charge in [-0.05, 0) is 138 Å². The molecule has 5 aromatic carbocycles. The van der Waals surface area contributed by atoms with Gasteiger partial charge >= 0.3 is 5.97 Å². The molecule has 0 bridgehead atoms. The van der Waals surface area contributed by atoms with Crippen molar-refractivity contribution in [3.8, 4) is 39.9 Å². The van der Waals surface area contributed by atoms with Crippen molar-refractivity contribution in [2.45, 2.75) is 19.6 Å². The standard InChI is InChI=1S/C15H16N2O2S.2C14H14N2O2S.C12H9NO2S.C12H10O3S.BrH.2ClH/c1-17(2)8-9-7-11-13-10(5-4-6-12(13)19-3)14(18)16-15(11)20-9;2*1-16(2)7-8-6-10-12-9(4-3-5-11(12)17)13(18)15-14(10)19-8;1-15-9-4-2-3-7-10(9)8-5-6-16-12(8)13-11(7)14;1-15-10-5-3-2-4-8(10)9-6-7-16-11(9)12(13)14;;;/h4-7H,8H2,1-3H3,(H,16,18);2*3-6,17H,7H2,1-2H3,(H,15,18);2-6H,1H3,(H,13,14);2-7H,1H3,(H,13,14);3*1H. The lowest BCUT2D eigenvalue weighted by Crippen LogP contribution is -2.09. The smallest absolute Gasteiger partial charge is 0.346 e. The summed E-state index contributed by atoms with van der Waals surface area (Å²) in [4.78, 5) is 84.2. The molecule has 14 rings (SSSR count). The fourth-order valence-electron chi connectivity index (χ4n) is 10.5. The Labute approximate surface area is 575 Å². The number of aromatic nitrogens is 4. The Kier molecular flexibility index (Phi) is 24.6. The van der Waals surface area contributed by atoms with Crippen LogP contribution in [0.3, 0.4) is 0 Å². The molecule has 486 valence electrons. The summed E-state index contributed by atoms with van der Waals surface area (Å²) in [7, 11) is 16.9. The molecule has 0 aliphatic rings. The van der Waals surface area contributed by atoms with E-state index in [1.807, 2.05) is 127 Å². The first kappa shape index (κ1) is 72.3. The van der Waals surface area contributed by atoms with Crippen LogP contribution >= 0.6 is 98.5 Å². The van der Waals surface area contributed by atoms with Crippen LogP contribution in [-0.4, -0.2) is 120 Å². The van der Waals surface area contributed by atoms with Crippen LogP contribution < -0.4 is 36.4 Å². The molecule has 18 nitrogen and oxygen atoms in total. The molecule has 0 atom stereocenters. The minimum atomic E-state index is -0.907. The molecule has 0 unspecified atom stereocenters. The Morgan fingerprint density at radius 2 is 0.774 bits per heavy atom. The zero-order valence-electron chi connectivity index (χ0n) is 51.6. The van der Waals surface area contributed by atoms with E-state index in [4.69, 9.17) is 19.3 Å². The number of phenolic OH excluding ortho intramolecular Hbond substituents is 2. The Morgan fingerprint density at radius 1 is 0.419 bits per heavy atom. The van der Waals surface area contributed by atoms with E-state index in [9.17, 15) is 34.2 Å². The number of thiophene rings is 5. The lowest BCUT2D eigenvalue weighted by atomic mass is 10.1. The number of carbonyl (C=O) groups is 1. The third kappa shape index (κ3) is 15.8. The molecule has 0 aliphatic carbocycles. The Bertz CT molecular complexity index is 5080. The van der Waals surface area contributed by atoms with E-state index in [-0.39, 0.29) is 75.5 Å². The number of rotatable bonds is 11. The van der Waals surface area contributed by atoms with E-state index in [1.54, 1.807) is 103 Å². The van der Waals surface area contributed by atoms with Crippen LogP contribution in [-0.2, 0) is 19.6 Å². The number of ether oxygens (including phenoxy) is 3. The molecular weight excluding hydrogens is 1390 g/mol. The second-order valence-corrected chi connectivity index (χ2v) is 26.6. The first-order chi connectivity index (χ1) is 43.3. The topological polar surface area (TPSA) is 247 Å². The van der Waals surface area contributed by atoms with Crippen molar-refractivity contribution in [1.82, 2.24) is 34.6 Å². The van der Waals surface area contributed by atoms with Crippen LogP contribution in [0.15, 0.2) is 157 Å². The van der Waals surface area contributed by atoms with Gasteiger partial charge < -0.3 is 64.2 Å². The van der Waals surface area contributed by atoms with Gasteiger partial charge in [-0.15, -0.1) is 98.5 Å². The number of halogens is 3. The molecule has 0 saturated heterocycles. The molecule has 7 N–H and O–H groups in total. The normalized spacial score (nSPS) is 10.9. The third-order valence-electron chi connectivity index (χ3n) is 14.2. The number of carboxylic acid groups (broad SMARTS) is 1. The highest BCUT2D eigenvalue weighted by molar-refractivity contribution is 8.93. The van der Waals surface area contributed by atoms with Gasteiger partial charge in [0.2, 0.25) is 0 Å². The number of benzene rings is 5. The van der Waals surface area contributed by atoms with Crippen molar-refractivity contribution >= 4 is 188 Å². The van der Waals surface area contributed by atoms with E-state index in [0.717, 1.165) is 98.1 Å². The number of fused-ring (bicyclic) bond motifs is 12. The lowest BCUT2D eigenvalue weighted by molar-refractivity contribution is 0.0703. The van der Waals surface area contributed by atoms with Crippen molar-refractivity contribution in [2.75, 3.05) is 63.6 Å². The highest BCUT2D eigenvalue weighted by Gasteiger charge is 2.19. The summed E-state index contributed by atoms with van der Waals surface area (Å²) in [6.45, 7) is 2.49. The SMILES string of the molecule is Br.CN(C)Cc1cc2c([nH]c(=O)c3cccc(O)c32)s1.CN(C)Cc1cc2c([nH]c(=O)c3cccc(O)c32)s1.COc1cccc2c(=O)[nH]c3sc(CN(C)C)cc3c12.COc1cccc2c(=O)[nH]c3sccc3c12.COc1ccccc1-c1ccsc1C(=O)O.Cl.Cl. The summed E-state index contributed by atoms with van der Waals surface area (Å²) in [6.07, 6.45) is 0. The summed E-state index contributed by atoms with van der Waals surface area (Å²) in [5.74, 6) is 1.57. The van der Waals surface area contributed by atoms with E-state index in [1.165, 1.54) is 27.6 Å². The fraction of sp³-hybridized carbons (Fsp3) is 0.179. The number of hydrogen-bond donors (Lipinski definition) is 7. The molecule has 0 amide bonds. The largest absolute Gasteiger partial charge is 0.507 e. The summed E-state index contributed by atoms with van der Waals surface area (Å²) in [5.41, 5.74) is 1.07. The van der Waals surface area contributed by atoms with Crippen molar-refractivity contribution in [1.29, 1.82) is 0 Å². The van der Waals surface area contributed by atoms with E-state index >= 15 is 0 Å². The average molecular weight is 1460 g/mol. The minimum absolute atomic E-state index is 0. The summed E-state index contributed by atoms with van der Waals surface area (Å²) in [5, 5.41) is 42.2. The van der Waals surface area contributed by atoms with Gasteiger partial charge in [-0.25, -0.2) is 4.79 Å². The molecular formula is C67H66BrCl2N7O11S5. The maximum Gasteiger partial charge on any atom is 0.346 e. The van der Waals surface area contributed by atoms with Crippen LogP contribution in [0.5, 0.6) is 28.7 Å². The molecule has 9 heterocycles. The number of nitrogens with zero attached hydrogens (tertiary/aromatic N) is 3. The minimum Gasteiger partial charge on any atom is -0.507 e. The van der Waals surface area contributed by atoms with Crippen molar-refractivity contribution in [3.05, 3.63) is 199 Å². The first-order valence-corrected chi connectivity index (χ1v) is 32.1. The number of H-pyrrole nitrogens is 4. The summed E-state index contributed by atoms with van der Waals surface area (Å²) >= 11 is 7.47. The number of carboxylic acids is 1. The molecule has 0 spiro atoms. The Hall–Kier alpha value is -8.11. The van der Waals surface area contributed by atoms with Crippen molar-refractivity contribution in [2.24, 2.45) is 0 Å². The van der Waals surface area contributed by atoms with Gasteiger partial charge in [-0.3, -0.25) is 19.2 Å².